The highest BCUT2D eigenvalue weighted by Gasteiger charge is 2.10. The average molecular weight is 371 g/mol. The minimum absolute atomic E-state index is 0.296. The third-order valence-electron chi connectivity index (χ3n) is 4.45. The number of rotatable bonds is 4. The maximum Gasteiger partial charge on any atom is 0.339 e. The Bertz CT molecular complexity index is 1200. The molecule has 0 spiro atoms. The van der Waals surface area contributed by atoms with E-state index in [0.717, 1.165) is 15.8 Å². The molecule has 1 aromatic heterocycles. The molecule has 0 amide bonds. The number of aryl methyl sites for hydroxylation is 1. The number of hydrogen-bond acceptors (Lipinski definition) is 5. The van der Waals surface area contributed by atoms with Crippen LogP contribution in [0.1, 0.15) is 15.9 Å². The molecule has 0 N–H and O–H groups in total. The molecule has 0 aliphatic heterocycles. The lowest BCUT2D eigenvalue weighted by atomic mass is 10.0. The van der Waals surface area contributed by atoms with Crippen molar-refractivity contribution in [1.82, 2.24) is 15.0 Å². The molecular weight excluding hydrogens is 354 g/mol. The molecule has 6 nitrogen and oxygen atoms in total. The van der Waals surface area contributed by atoms with Crippen LogP contribution in [0.3, 0.4) is 0 Å². The number of nitrogens with zero attached hydrogens (tertiary/aromatic N) is 3. The SMILES string of the molecule is Cc1ccc(-c2ccc(C(=O)OCn3nnc4ccccc4c3=O)cc2)cc1. The van der Waals surface area contributed by atoms with E-state index in [9.17, 15) is 9.59 Å². The van der Waals surface area contributed by atoms with E-state index >= 15 is 0 Å². The second-order valence-electron chi connectivity index (χ2n) is 6.42. The van der Waals surface area contributed by atoms with Crippen LogP contribution in [0.5, 0.6) is 0 Å². The summed E-state index contributed by atoms with van der Waals surface area (Å²) in [6.07, 6.45) is 0. The highest BCUT2D eigenvalue weighted by Crippen LogP contribution is 2.20. The molecule has 4 rings (SSSR count). The summed E-state index contributed by atoms with van der Waals surface area (Å²) in [6.45, 7) is 1.74. The molecule has 0 aliphatic rings. The van der Waals surface area contributed by atoms with E-state index in [1.54, 1.807) is 36.4 Å². The number of carbonyl (C=O) groups excluding carboxylic acids is 1. The van der Waals surface area contributed by atoms with E-state index in [0.29, 0.717) is 16.5 Å². The first kappa shape index (κ1) is 17.6. The zero-order chi connectivity index (χ0) is 19.5. The van der Waals surface area contributed by atoms with Crippen LogP contribution < -0.4 is 5.56 Å². The van der Waals surface area contributed by atoms with Gasteiger partial charge in [-0.3, -0.25) is 4.79 Å². The molecule has 28 heavy (non-hydrogen) atoms. The standard InChI is InChI=1S/C22H17N3O3/c1-15-6-8-16(9-7-15)17-10-12-18(13-11-17)22(27)28-14-25-21(26)19-4-2-3-5-20(19)23-24-25/h2-13H,14H2,1H3. The zero-order valence-electron chi connectivity index (χ0n) is 15.2. The van der Waals surface area contributed by atoms with E-state index in [1.807, 2.05) is 43.3 Å². The normalized spacial score (nSPS) is 10.8. The van der Waals surface area contributed by atoms with Crippen molar-refractivity contribution >= 4 is 16.9 Å². The lowest BCUT2D eigenvalue weighted by Crippen LogP contribution is -2.26. The van der Waals surface area contributed by atoms with E-state index in [1.165, 1.54) is 5.56 Å². The molecule has 4 aromatic rings. The number of esters is 1. The quantitative estimate of drug-likeness (QED) is 0.513. The highest BCUT2D eigenvalue weighted by molar-refractivity contribution is 5.90. The summed E-state index contributed by atoms with van der Waals surface area (Å²) in [6, 6.07) is 22.2. The average Bonchev–Trinajstić information content (AvgIpc) is 2.74. The minimum Gasteiger partial charge on any atom is -0.439 e. The number of carbonyl (C=O) groups is 1. The van der Waals surface area contributed by atoms with Crippen LogP contribution in [0.4, 0.5) is 0 Å². The van der Waals surface area contributed by atoms with Crippen LogP contribution in [0.2, 0.25) is 0 Å². The van der Waals surface area contributed by atoms with Crippen LogP contribution >= 0.6 is 0 Å². The van der Waals surface area contributed by atoms with Crippen molar-refractivity contribution in [2.45, 2.75) is 13.7 Å². The topological polar surface area (TPSA) is 74.1 Å². The summed E-state index contributed by atoms with van der Waals surface area (Å²) in [7, 11) is 0. The van der Waals surface area contributed by atoms with Crippen molar-refractivity contribution in [3.8, 4) is 11.1 Å². The number of hydrogen-bond donors (Lipinski definition) is 0. The van der Waals surface area contributed by atoms with Gasteiger partial charge >= 0.3 is 5.97 Å². The largest absolute Gasteiger partial charge is 0.439 e. The predicted molar refractivity (Wildman–Crippen MR) is 106 cm³/mol. The molecule has 0 fully saturated rings. The second-order valence-corrected chi connectivity index (χ2v) is 6.42. The Morgan fingerprint density at radius 2 is 1.57 bits per heavy atom. The fraction of sp³-hybridized carbons (Fsp3) is 0.0909. The summed E-state index contributed by atoms with van der Waals surface area (Å²) >= 11 is 0. The maximum absolute atomic E-state index is 12.4. The van der Waals surface area contributed by atoms with Crippen molar-refractivity contribution in [2.24, 2.45) is 0 Å². The van der Waals surface area contributed by atoms with Crippen molar-refractivity contribution in [2.75, 3.05) is 0 Å². The predicted octanol–water partition coefficient (Wildman–Crippen LogP) is 3.58. The van der Waals surface area contributed by atoms with Gasteiger partial charge in [0.25, 0.3) is 5.56 Å². The Kier molecular flexibility index (Phi) is 4.68. The first-order valence-electron chi connectivity index (χ1n) is 8.78. The summed E-state index contributed by atoms with van der Waals surface area (Å²) in [5, 5.41) is 8.20. The Balaban J connectivity index is 1.47. The summed E-state index contributed by atoms with van der Waals surface area (Å²) in [4.78, 5) is 24.7. The van der Waals surface area contributed by atoms with Gasteiger partial charge in [-0.15, -0.1) is 5.10 Å². The van der Waals surface area contributed by atoms with Gasteiger partial charge in [-0.2, -0.15) is 4.68 Å². The molecule has 0 saturated carbocycles. The van der Waals surface area contributed by atoms with Gasteiger partial charge in [-0.1, -0.05) is 59.3 Å². The van der Waals surface area contributed by atoms with Gasteiger partial charge in [0.2, 0.25) is 0 Å². The fourth-order valence-corrected chi connectivity index (χ4v) is 2.86. The van der Waals surface area contributed by atoms with Gasteiger partial charge in [0, 0.05) is 0 Å². The molecule has 3 aromatic carbocycles. The molecule has 138 valence electrons. The molecule has 0 atom stereocenters. The molecule has 0 saturated heterocycles. The van der Waals surface area contributed by atoms with Crippen molar-refractivity contribution < 1.29 is 9.53 Å². The van der Waals surface area contributed by atoms with Crippen LogP contribution in [0.15, 0.2) is 77.6 Å². The fourth-order valence-electron chi connectivity index (χ4n) is 2.86. The Labute approximate surface area is 161 Å². The summed E-state index contributed by atoms with van der Waals surface area (Å²) in [5.41, 5.74) is 3.82. The number of fused-ring (bicyclic) bond motifs is 1. The summed E-state index contributed by atoms with van der Waals surface area (Å²) < 4.78 is 6.26. The number of benzene rings is 3. The molecule has 0 aliphatic carbocycles. The first-order valence-corrected chi connectivity index (χ1v) is 8.78. The molecule has 1 heterocycles. The first-order chi connectivity index (χ1) is 13.6. The van der Waals surface area contributed by atoms with Crippen LogP contribution in [0, 0.1) is 6.92 Å². The number of ether oxygens (including phenoxy) is 1. The van der Waals surface area contributed by atoms with Gasteiger partial charge in [0.1, 0.15) is 5.52 Å². The Hall–Kier alpha value is -3.80. The van der Waals surface area contributed by atoms with Gasteiger partial charge < -0.3 is 4.74 Å². The molecule has 0 unspecified atom stereocenters. The molecule has 0 bridgehead atoms. The monoisotopic (exact) mass is 371 g/mol. The third-order valence-corrected chi connectivity index (χ3v) is 4.45. The molecule has 6 heteroatoms. The van der Waals surface area contributed by atoms with Gasteiger partial charge in [-0.05, 0) is 42.3 Å². The zero-order valence-corrected chi connectivity index (χ0v) is 15.2. The van der Waals surface area contributed by atoms with E-state index in [2.05, 4.69) is 10.3 Å². The van der Waals surface area contributed by atoms with E-state index < -0.39 is 5.97 Å². The Morgan fingerprint density at radius 1 is 0.929 bits per heavy atom. The van der Waals surface area contributed by atoms with Crippen molar-refractivity contribution in [3.05, 3.63) is 94.3 Å². The van der Waals surface area contributed by atoms with E-state index in [-0.39, 0.29) is 12.3 Å². The third kappa shape index (κ3) is 3.53. The van der Waals surface area contributed by atoms with Gasteiger partial charge in [-0.25, -0.2) is 4.79 Å². The van der Waals surface area contributed by atoms with Crippen LogP contribution in [0.25, 0.3) is 22.0 Å². The van der Waals surface area contributed by atoms with Crippen LogP contribution in [-0.2, 0) is 11.5 Å². The lowest BCUT2D eigenvalue weighted by Gasteiger charge is -2.07. The van der Waals surface area contributed by atoms with Gasteiger partial charge in [0.15, 0.2) is 6.73 Å². The Morgan fingerprint density at radius 3 is 2.29 bits per heavy atom. The molecule has 0 radical (unpaired) electrons. The second kappa shape index (κ2) is 7.44. The highest BCUT2D eigenvalue weighted by atomic mass is 16.5. The minimum atomic E-state index is -0.530. The molecular formula is C22H17N3O3. The smallest absolute Gasteiger partial charge is 0.339 e. The van der Waals surface area contributed by atoms with Crippen molar-refractivity contribution in [1.29, 1.82) is 0 Å². The van der Waals surface area contributed by atoms with Crippen LogP contribution in [-0.4, -0.2) is 21.0 Å². The van der Waals surface area contributed by atoms with Crippen molar-refractivity contribution in [3.63, 3.8) is 0 Å². The lowest BCUT2D eigenvalue weighted by molar-refractivity contribution is 0.0336. The number of aromatic nitrogens is 3. The summed E-state index contributed by atoms with van der Waals surface area (Å²) in [5.74, 6) is -0.530. The van der Waals surface area contributed by atoms with Gasteiger partial charge in [0.05, 0.1) is 10.9 Å². The van der Waals surface area contributed by atoms with E-state index in [4.69, 9.17) is 4.74 Å². The maximum atomic E-state index is 12.4.